The summed E-state index contributed by atoms with van der Waals surface area (Å²) in [6, 6.07) is 18.9. The number of carbonyl (C=O) groups excluding carboxylic acids is 1. The molecule has 144 valence electrons. The van der Waals surface area contributed by atoms with Gasteiger partial charge in [-0.1, -0.05) is 54.2 Å². The smallest absolute Gasteiger partial charge is 0.234 e. The van der Waals surface area contributed by atoms with Crippen LogP contribution in [0.2, 0.25) is 0 Å². The van der Waals surface area contributed by atoms with Gasteiger partial charge in [-0.05, 0) is 31.2 Å². The minimum atomic E-state index is -0.289. The maximum Gasteiger partial charge on any atom is 0.234 e. The molecule has 3 aromatic rings. The van der Waals surface area contributed by atoms with Gasteiger partial charge in [0.25, 0.3) is 0 Å². The largest absolute Gasteiger partial charge is 0.483 e. The normalized spacial score (nSPS) is 11.6. The Morgan fingerprint density at radius 2 is 1.86 bits per heavy atom. The highest BCUT2D eigenvalue weighted by molar-refractivity contribution is 7.99. The molecule has 1 N–H and O–H groups in total. The van der Waals surface area contributed by atoms with E-state index in [0.717, 1.165) is 11.4 Å². The van der Waals surface area contributed by atoms with E-state index < -0.39 is 0 Å². The van der Waals surface area contributed by atoms with E-state index in [9.17, 15) is 4.79 Å². The average molecular weight is 395 g/mol. The summed E-state index contributed by atoms with van der Waals surface area (Å²) >= 11 is 1.33. The third kappa shape index (κ3) is 5.23. The summed E-state index contributed by atoms with van der Waals surface area (Å²) < 4.78 is 7.88. The predicted octanol–water partition coefficient (Wildman–Crippen LogP) is 4.33. The highest BCUT2D eigenvalue weighted by Crippen LogP contribution is 2.24. The van der Waals surface area contributed by atoms with Crippen LogP contribution in [0.15, 0.2) is 78.5 Å². The van der Waals surface area contributed by atoms with Crippen molar-refractivity contribution in [2.75, 3.05) is 11.1 Å². The Balaban J connectivity index is 1.66. The number of benzene rings is 2. The van der Waals surface area contributed by atoms with Crippen LogP contribution in [0.5, 0.6) is 5.75 Å². The van der Waals surface area contributed by atoms with Crippen molar-refractivity contribution in [1.29, 1.82) is 0 Å². The van der Waals surface area contributed by atoms with Crippen LogP contribution in [0.25, 0.3) is 0 Å². The van der Waals surface area contributed by atoms with Crippen LogP contribution in [-0.2, 0) is 11.3 Å². The molecule has 0 bridgehead atoms. The number of hydrogen-bond acceptors (Lipinski definition) is 5. The SMILES string of the molecule is C=CCn1c(SCC(=O)Nc2ccccc2)nnc1[C@@H](C)Oc1ccccc1. The predicted molar refractivity (Wildman–Crippen MR) is 111 cm³/mol. The molecular formula is C21H22N4O2S. The molecule has 1 amide bonds. The summed E-state index contributed by atoms with van der Waals surface area (Å²) in [4.78, 5) is 12.2. The number of aromatic nitrogens is 3. The molecule has 3 rings (SSSR count). The molecule has 1 heterocycles. The maximum absolute atomic E-state index is 12.2. The number of anilines is 1. The lowest BCUT2D eigenvalue weighted by Crippen LogP contribution is -2.15. The van der Waals surface area contributed by atoms with Gasteiger partial charge in [0.1, 0.15) is 5.75 Å². The summed E-state index contributed by atoms with van der Waals surface area (Å²) in [7, 11) is 0. The topological polar surface area (TPSA) is 69.0 Å². The Morgan fingerprint density at radius 3 is 2.54 bits per heavy atom. The Morgan fingerprint density at radius 1 is 1.18 bits per heavy atom. The third-order valence-corrected chi connectivity index (χ3v) is 4.83. The lowest BCUT2D eigenvalue weighted by Gasteiger charge is -2.15. The number of hydrogen-bond donors (Lipinski definition) is 1. The molecule has 0 fully saturated rings. The quantitative estimate of drug-likeness (QED) is 0.432. The fourth-order valence-corrected chi connectivity index (χ4v) is 3.37. The first-order valence-corrected chi connectivity index (χ1v) is 9.89. The van der Waals surface area contributed by atoms with Crippen molar-refractivity contribution in [3.8, 4) is 5.75 Å². The van der Waals surface area contributed by atoms with Crippen LogP contribution in [0, 0.1) is 0 Å². The van der Waals surface area contributed by atoms with Crippen molar-refractivity contribution in [1.82, 2.24) is 14.8 Å². The minimum Gasteiger partial charge on any atom is -0.483 e. The molecule has 0 saturated heterocycles. The Kier molecular flexibility index (Phi) is 6.86. The third-order valence-electron chi connectivity index (χ3n) is 3.87. The van der Waals surface area contributed by atoms with Crippen LogP contribution in [-0.4, -0.2) is 26.4 Å². The first-order chi connectivity index (χ1) is 13.7. The van der Waals surface area contributed by atoms with Gasteiger partial charge in [-0.3, -0.25) is 9.36 Å². The summed E-state index contributed by atoms with van der Waals surface area (Å²) in [5.41, 5.74) is 0.770. The standard InChI is InChI=1S/C21H22N4O2S/c1-3-14-25-20(16(2)27-18-12-8-5-9-13-18)23-24-21(25)28-15-19(26)22-17-10-6-4-7-11-17/h3-13,16H,1,14-15H2,2H3,(H,22,26)/t16-/m1/s1. The molecule has 0 saturated carbocycles. The number of allylic oxidation sites excluding steroid dienone is 1. The number of ether oxygens (including phenoxy) is 1. The summed E-state index contributed by atoms with van der Waals surface area (Å²) in [6.07, 6.45) is 1.48. The van der Waals surface area contributed by atoms with Crippen LogP contribution in [0.3, 0.4) is 0 Å². The van der Waals surface area contributed by atoms with E-state index in [-0.39, 0.29) is 17.8 Å². The Hall–Kier alpha value is -3.06. The lowest BCUT2D eigenvalue weighted by atomic mass is 10.3. The zero-order valence-corrected chi connectivity index (χ0v) is 16.4. The van der Waals surface area contributed by atoms with Crippen molar-refractivity contribution in [3.63, 3.8) is 0 Å². The van der Waals surface area contributed by atoms with Crippen molar-refractivity contribution in [2.24, 2.45) is 0 Å². The van der Waals surface area contributed by atoms with Gasteiger partial charge < -0.3 is 10.1 Å². The van der Waals surface area contributed by atoms with Gasteiger partial charge in [0.2, 0.25) is 5.91 Å². The second-order valence-electron chi connectivity index (χ2n) is 6.02. The molecule has 28 heavy (non-hydrogen) atoms. The second kappa shape index (κ2) is 9.75. The lowest BCUT2D eigenvalue weighted by molar-refractivity contribution is -0.113. The average Bonchev–Trinajstić information content (AvgIpc) is 3.11. The number of nitrogens with one attached hydrogen (secondary N) is 1. The molecule has 1 aromatic heterocycles. The van der Waals surface area contributed by atoms with Crippen molar-refractivity contribution >= 4 is 23.4 Å². The first-order valence-electron chi connectivity index (χ1n) is 8.90. The number of nitrogens with zero attached hydrogens (tertiary/aromatic N) is 3. The molecule has 1 atom stereocenters. The van der Waals surface area contributed by atoms with Crippen LogP contribution in [0.4, 0.5) is 5.69 Å². The van der Waals surface area contributed by atoms with Crippen LogP contribution >= 0.6 is 11.8 Å². The highest BCUT2D eigenvalue weighted by Gasteiger charge is 2.19. The number of amides is 1. The fourth-order valence-electron chi connectivity index (χ4n) is 2.61. The van der Waals surface area contributed by atoms with Crippen LogP contribution in [0.1, 0.15) is 18.9 Å². The van der Waals surface area contributed by atoms with Crippen molar-refractivity contribution < 1.29 is 9.53 Å². The van der Waals surface area contributed by atoms with Gasteiger partial charge in [-0.25, -0.2) is 0 Å². The van der Waals surface area contributed by atoms with Gasteiger partial charge in [0, 0.05) is 12.2 Å². The molecule has 0 aliphatic heterocycles. The zero-order chi connectivity index (χ0) is 19.8. The molecule has 7 heteroatoms. The molecule has 0 spiro atoms. The number of carbonyl (C=O) groups is 1. The van der Waals surface area contributed by atoms with Crippen molar-refractivity contribution in [2.45, 2.75) is 24.7 Å². The molecule has 2 aromatic carbocycles. The van der Waals surface area contributed by atoms with E-state index >= 15 is 0 Å². The first kappa shape index (κ1) is 19.7. The Bertz CT molecular complexity index is 913. The van der Waals surface area contributed by atoms with Gasteiger partial charge in [-0.15, -0.1) is 16.8 Å². The number of para-hydroxylation sites is 2. The van der Waals surface area contributed by atoms with E-state index in [1.807, 2.05) is 72.2 Å². The van der Waals surface area contributed by atoms with Gasteiger partial charge in [0.05, 0.1) is 5.75 Å². The molecule has 0 aliphatic carbocycles. The van der Waals surface area contributed by atoms with E-state index in [1.165, 1.54) is 11.8 Å². The van der Waals surface area contributed by atoms with Crippen LogP contribution < -0.4 is 10.1 Å². The van der Waals surface area contributed by atoms with Gasteiger partial charge in [0.15, 0.2) is 17.1 Å². The number of rotatable bonds is 9. The van der Waals surface area contributed by atoms with E-state index in [0.29, 0.717) is 17.5 Å². The summed E-state index contributed by atoms with van der Waals surface area (Å²) in [5, 5.41) is 12.0. The molecule has 6 nitrogen and oxygen atoms in total. The molecule has 0 radical (unpaired) electrons. The van der Waals surface area contributed by atoms with E-state index in [1.54, 1.807) is 6.08 Å². The van der Waals surface area contributed by atoms with E-state index in [4.69, 9.17) is 4.74 Å². The highest BCUT2D eigenvalue weighted by atomic mass is 32.2. The van der Waals surface area contributed by atoms with E-state index in [2.05, 4.69) is 22.1 Å². The molecule has 0 aliphatic rings. The van der Waals surface area contributed by atoms with Gasteiger partial charge in [-0.2, -0.15) is 0 Å². The minimum absolute atomic E-state index is 0.0977. The molecule has 0 unspecified atom stereocenters. The van der Waals surface area contributed by atoms with Gasteiger partial charge >= 0.3 is 0 Å². The summed E-state index contributed by atoms with van der Waals surface area (Å²) in [6.45, 7) is 6.27. The second-order valence-corrected chi connectivity index (χ2v) is 6.96. The van der Waals surface area contributed by atoms with Crippen molar-refractivity contribution in [3.05, 3.63) is 79.1 Å². The monoisotopic (exact) mass is 394 g/mol. The molecular weight excluding hydrogens is 372 g/mol. The maximum atomic E-state index is 12.2. The fraction of sp³-hybridized carbons (Fsp3) is 0.190. The summed E-state index contributed by atoms with van der Waals surface area (Å²) in [5.74, 6) is 1.59. The number of thioether (sulfide) groups is 1. The Labute approximate surface area is 168 Å². The zero-order valence-electron chi connectivity index (χ0n) is 15.6.